The average Bonchev–Trinajstić information content (AvgIpc) is 2.82. The van der Waals surface area contributed by atoms with E-state index in [4.69, 9.17) is 10.2 Å². The quantitative estimate of drug-likeness (QED) is 0.792. The van der Waals surface area contributed by atoms with E-state index in [2.05, 4.69) is 31.2 Å². The van der Waals surface area contributed by atoms with Gasteiger partial charge >= 0.3 is 0 Å². The van der Waals surface area contributed by atoms with E-state index in [1.165, 1.54) is 23.8 Å². The molecule has 3 rings (SSSR count). The molecule has 1 fully saturated rings. The molecule has 2 unspecified atom stereocenters. The average molecular weight is 215 g/mol. The van der Waals surface area contributed by atoms with Gasteiger partial charge in [-0.3, -0.25) is 0 Å². The zero-order valence-electron chi connectivity index (χ0n) is 9.57. The fourth-order valence-electron chi connectivity index (χ4n) is 2.71. The lowest BCUT2D eigenvalue weighted by Gasteiger charge is -2.11. The van der Waals surface area contributed by atoms with Gasteiger partial charge < -0.3 is 10.2 Å². The first-order valence-electron chi connectivity index (χ1n) is 6.00. The molecule has 1 aromatic carbocycles. The molecule has 1 aliphatic carbocycles. The lowest BCUT2D eigenvalue weighted by atomic mass is 10.0. The van der Waals surface area contributed by atoms with Crippen molar-refractivity contribution in [3.8, 4) is 0 Å². The number of rotatable bonds is 1. The number of benzene rings is 1. The number of fused-ring (bicyclic) bond motifs is 1. The summed E-state index contributed by atoms with van der Waals surface area (Å²) in [5.41, 5.74) is 8.36. The molecule has 1 aromatic heterocycles. The van der Waals surface area contributed by atoms with E-state index >= 15 is 0 Å². The molecule has 0 aliphatic heterocycles. The van der Waals surface area contributed by atoms with Crippen molar-refractivity contribution in [2.24, 2.45) is 5.73 Å². The van der Waals surface area contributed by atoms with Crippen LogP contribution in [0.3, 0.4) is 0 Å². The van der Waals surface area contributed by atoms with Crippen LogP contribution >= 0.6 is 0 Å². The van der Waals surface area contributed by atoms with Gasteiger partial charge in [-0.2, -0.15) is 0 Å². The third kappa shape index (κ3) is 1.54. The van der Waals surface area contributed by atoms with Crippen molar-refractivity contribution in [3.63, 3.8) is 0 Å². The number of hydrogen-bond donors (Lipinski definition) is 1. The van der Waals surface area contributed by atoms with Gasteiger partial charge in [0.05, 0.1) is 0 Å². The first kappa shape index (κ1) is 9.91. The van der Waals surface area contributed by atoms with E-state index in [0.29, 0.717) is 5.92 Å². The summed E-state index contributed by atoms with van der Waals surface area (Å²) in [7, 11) is 0. The summed E-state index contributed by atoms with van der Waals surface area (Å²) in [4.78, 5) is 0. The zero-order valence-corrected chi connectivity index (χ0v) is 9.57. The molecule has 1 saturated carbocycles. The highest BCUT2D eigenvalue weighted by Crippen LogP contribution is 2.36. The van der Waals surface area contributed by atoms with Gasteiger partial charge in [-0.15, -0.1) is 0 Å². The van der Waals surface area contributed by atoms with E-state index in [0.717, 1.165) is 17.8 Å². The van der Waals surface area contributed by atoms with Gasteiger partial charge in [0.1, 0.15) is 11.3 Å². The molecular weight excluding hydrogens is 198 g/mol. The summed E-state index contributed by atoms with van der Waals surface area (Å²) in [6.45, 7) is 2.10. The topological polar surface area (TPSA) is 39.2 Å². The molecule has 2 heteroatoms. The van der Waals surface area contributed by atoms with E-state index in [9.17, 15) is 0 Å². The second-order valence-corrected chi connectivity index (χ2v) is 4.89. The standard InChI is InChI=1S/C14H17NO/c1-9-5-6-13-10(7-9)8-14(16-13)11-3-2-4-12(11)15/h5-8,11-12H,2-4,15H2,1H3. The molecule has 0 amide bonds. The van der Waals surface area contributed by atoms with Crippen LogP contribution in [0.15, 0.2) is 28.7 Å². The number of hydrogen-bond acceptors (Lipinski definition) is 2. The highest BCUT2D eigenvalue weighted by molar-refractivity contribution is 5.78. The first-order valence-corrected chi connectivity index (χ1v) is 6.00. The number of nitrogens with two attached hydrogens (primary N) is 1. The molecule has 16 heavy (non-hydrogen) atoms. The minimum atomic E-state index is 0.279. The zero-order chi connectivity index (χ0) is 11.1. The van der Waals surface area contributed by atoms with Crippen molar-refractivity contribution < 1.29 is 4.42 Å². The van der Waals surface area contributed by atoms with Crippen molar-refractivity contribution in [1.82, 2.24) is 0 Å². The van der Waals surface area contributed by atoms with Gasteiger partial charge in [0.25, 0.3) is 0 Å². The lowest BCUT2D eigenvalue weighted by Crippen LogP contribution is -2.22. The molecule has 2 nitrogen and oxygen atoms in total. The third-order valence-corrected chi connectivity index (χ3v) is 3.63. The van der Waals surface area contributed by atoms with E-state index in [-0.39, 0.29) is 6.04 Å². The minimum absolute atomic E-state index is 0.279. The van der Waals surface area contributed by atoms with Gasteiger partial charge in [0, 0.05) is 17.3 Å². The largest absolute Gasteiger partial charge is 0.461 e. The SMILES string of the molecule is Cc1ccc2oc(C3CCCC3N)cc2c1. The molecule has 2 N–H and O–H groups in total. The molecule has 2 atom stereocenters. The lowest BCUT2D eigenvalue weighted by molar-refractivity contribution is 0.467. The maximum Gasteiger partial charge on any atom is 0.134 e. The fourth-order valence-corrected chi connectivity index (χ4v) is 2.71. The normalized spacial score (nSPS) is 25.4. The number of furan rings is 1. The summed E-state index contributed by atoms with van der Waals surface area (Å²) < 4.78 is 5.90. The van der Waals surface area contributed by atoms with Crippen molar-refractivity contribution >= 4 is 11.0 Å². The maximum absolute atomic E-state index is 6.10. The molecule has 84 valence electrons. The van der Waals surface area contributed by atoms with E-state index in [1.807, 2.05) is 0 Å². The predicted octanol–water partition coefficient (Wildman–Crippen LogP) is 3.34. The molecule has 0 radical (unpaired) electrons. The van der Waals surface area contributed by atoms with Crippen LogP contribution in [0.4, 0.5) is 0 Å². The summed E-state index contributed by atoms with van der Waals surface area (Å²) >= 11 is 0. The van der Waals surface area contributed by atoms with Crippen LogP contribution in [0.1, 0.15) is 36.5 Å². The van der Waals surface area contributed by atoms with Crippen LogP contribution in [-0.2, 0) is 0 Å². The van der Waals surface area contributed by atoms with Gasteiger partial charge in [0.15, 0.2) is 0 Å². The van der Waals surface area contributed by atoms with Crippen molar-refractivity contribution in [2.45, 2.75) is 38.1 Å². The second kappa shape index (κ2) is 3.63. The van der Waals surface area contributed by atoms with Gasteiger partial charge in [-0.1, -0.05) is 18.1 Å². The highest BCUT2D eigenvalue weighted by atomic mass is 16.3. The Hall–Kier alpha value is -1.28. The summed E-state index contributed by atoms with van der Waals surface area (Å²) in [5.74, 6) is 1.50. The Bertz CT molecular complexity index is 514. The fraction of sp³-hybridized carbons (Fsp3) is 0.429. The molecule has 0 bridgehead atoms. The summed E-state index contributed by atoms with van der Waals surface area (Å²) in [5, 5.41) is 1.20. The van der Waals surface area contributed by atoms with Crippen molar-refractivity contribution in [2.75, 3.05) is 0 Å². The molecule has 0 saturated heterocycles. The number of aryl methyl sites for hydroxylation is 1. The van der Waals surface area contributed by atoms with Crippen LogP contribution in [0.5, 0.6) is 0 Å². The van der Waals surface area contributed by atoms with Crippen molar-refractivity contribution in [3.05, 3.63) is 35.6 Å². The molecular formula is C14H17NO. The second-order valence-electron chi connectivity index (χ2n) is 4.89. The summed E-state index contributed by atoms with van der Waals surface area (Å²) in [6.07, 6.45) is 3.52. The molecule has 1 heterocycles. The highest BCUT2D eigenvalue weighted by Gasteiger charge is 2.28. The van der Waals surface area contributed by atoms with Crippen LogP contribution in [0.25, 0.3) is 11.0 Å². The molecule has 2 aromatic rings. The minimum Gasteiger partial charge on any atom is -0.461 e. The van der Waals surface area contributed by atoms with E-state index < -0.39 is 0 Å². The van der Waals surface area contributed by atoms with Crippen LogP contribution in [-0.4, -0.2) is 6.04 Å². The Labute approximate surface area is 95.4 Å². The van der Waals surface area contributed by atoms with E-state index in [1.54, 1.807) is 0 Å². The predicted molar refractivity (Wildman–Crippen MR) is 65.5 cm³/mol. The Kier molecular flexibility index (Phi) is 2.25. The van der Waals surface area contributed by atoms with Gasteiger partial charge in [-0.25, -0.2) is 0 Å². The van der Waals surface area contributed by atoms with Crippen LogP contribution < -0.4 is 5.73 Å². The monoisotopic (exact) mass is 215 g/mol. The molecule has 0 spiro atoms. The maximum atomic E-state index is 6.10. The smallest absolute Gasteiger partial charge is 0.134 e. The summed E-state index contributed by atoms with van der Waals surface area (Å²) in [6, 6.07) is 8.75. The van der Waals surface area contributed by atoms with Crippen LogP contribution in [0, 0.1) is 6.92 Å². The third-order valence-electron chi connectivity index (χ3n) is 3.63. The Balaban J connectivity index is 2.04. The first-order chi connectivity index (χ1) is 7.74. The van der Waals surface area contributed by atoms with Gasteiger partial charge in [-0.05, 0) is 38.0 Å². The Morgan fingerprint density at radius 2 is 2.12 bits per heavy atom. The van der Waals surface area contributed by atoms with Crippen molar-refractivity contribution in [1.29, 1.82) is 0 Å². The van der Waals surface area contributed by atoms with Crippen LogP contribution in [0.2, 0.25) is 0 Å². The Morgan fingerprint density at radius 1 is 1.25 bits per heavy atom. The Morgan fingerprint density at radius 3 is 2.88 bits per heavy atom. The van der Waals surface area contributed by atoms with Gasteiger partial charge in [0.2, 0.25) is 0 Å². The molecule has 1 aliphatic rings.